The monoisotopic (exact) mass is 401 g/mol. The Morgan fingerprint density at radius 2 is 2.07 bits per heavy atom. The van der Waals surface area contributed by atoms with Gasteiger partial charge >= 0.3 is 5.97 Å². The first-order valence-electron chi connectivity index (χ1n) is 8.61. The van der Waals surface area contributed by atoms with Crippen molar-refractivity contribution in [2.24, 2.45) is 0 Å². The smallest absolute Gasteiger partial charge is 0.306 e. The summed E-state index contributed by atoms with van der Waals surface area (Å²) in [7, 11) is 0. The average Bonchev–Trinajstić information content (AvgIpc) is 2.61. The van der Waals surface area contributed by atoms with Gasteiger partial charge < -0.3 is 15.0 Å². The molecule has 0 fully saturated rings. The van der Waals surface area contributed by atoms with Crippen molar-refractivity contribution < 1.29 is 14.3 Å². The number of pyridine rings is 1. The predicted octanol–water partition coefficient (Wildman–Crippen LogP) is 3.02. The van der Waals surface area contributed by atoms with Gasteiger partial charge in [0.25, 0.3) is 11.5 Å². The van der Waals surface area contributed by atoms with Gasteiger partial charge in [-0.25, -0.2) is 0 Å². The highest BCUT2D eigenvalue weighted by Crippen LogP contribution is 2.17. The lowest BCUT2D eigenvalue weighted by Crippen LogP contribution is -2.30. The van der Waals surface area contributed by atoms with Crippen LogP contribution in [-0.4, -0.2) is 23.0 Å². The van der Waals surface area contributed by atoms with E-state index in [2.05, 4.69) is 10.3 Å². The summed E-state index contributed by atoms with van der Waals surface area (Å²) in [5.41, 5.74) is 1.94. The molecule has 2 N–H and O–H groups in total. The van der Waals surface area contributed by atoms with Crippen molar-refractivity contribution in [3.63, 3.8) is 0 Å². The summed E-state index contributed by atoms with van der Waals surface area (Å²) in [6, 6.07) is 8.50. The van der Waals surface area contributed by atoms with Crippen molar-refractivity contribution in [2.75, 3.05) is 5.32 Å². The minimum Gasteiger partial charge on any atom is -0.453 e. The lowest BCUT2D eigenvalue weighted by molar-refractivity contribution is -0.153. The number of nitrogens with zero attached hydrogens (tertiary/aromatic N) is 1. The molecule has 1 heterocycles. The molecule has 0 unspecified atom stereocenters. The van der Waals surface area contributed by atoms with Crippen molar-refractivity contribution in [1.82, 2.24) is 4.98 Å². The van der Waals surface area contributed by atoms with Gasteiger partial charge in [-0.1, -0.05) is 17.7 Å². The van der Waals surface area contributed by atoms with Crippen molar-refractivity contribution in [2.45, 2.75) is 39.7 Å². The summed E-state index contributed by atoms with van der Waals surface area (Å²) < 4.78 is 5.18. The molecule has 28 heavy (non-hydrogen) atoms. The van der Waals surface area contributed by atoms with E-state index in [1.807, 2.05) is 6.07 Å². The van der Waals surface area contributed by atoms with Crippen LogP contribution in [0.3, 0.4) is 0 Å². The van der Waals surface area contributed by atoms with Crippen LogP contribution in [0.4, 0.5) is 5.69 Å². The number of amides is 1. The molecule has 2 rings (SSSR count). The number of nitriles is 1. The van der Waals surface area contributed by atoms with Gasteiger partial charge in [-0.05, 0) is 56.5 Å². The van der Waals surface area contributed by atoms with Crippen LogP contribution < -0.4 is 10.9 Å². The van der Waals surface area contributed by atoms with E-state index >= 15 is 0 Å². The number of esters is 1. The van der Waals surface area contributed by atoms with E-state index in [0.717, 1.165) is 0 Å². The van der Waals surface area contributed by atoms with Gasteiger partial charge in [0.1, 0.15) is 11.6 Å². The van der Waals surface area contributed by atoms with Crippen LogP contribution >= 0.6 is 11.6 Å². The summed E-state index contributed by atoms with van der Waals surface area (Å²) >= 11 is 5.87. The van der Waals surface area contributed by atoms with Gasteiger partial charge in [-0.2, -0.15) is 5.26 Å². The lowest BCUT2D eigenvalue weighted by atomic mass is 9.99. The number of ether oxygens (including phenoxy) is 1. The summed E-state index contributed by atoms with van der Waals surface area (Å²) in [6.07, 6.45) is -0.697. The fraction of sp³-hybridized carbons (Fsp3) is 0.300. The number of hydrogen-bond donors (Lipinski definition) is 2. The third kappa shape index (κ3) is 5.21. The van der Waals surface area contributed by atoms with Gasteiger partial charge in [0.2, 0.25) is 0 Å². The fourth-order valence-electron chi connectivity index (χ4n) is 2.77. The highest BCUT2D eigenvalue weighted by molar-refractivity contribution is 6.30. The largest absolute Gasteiger partial charge is 0.453 e. The van der Waals surface area contributed by atoms with Crippen LogP contribution in [0, 0.1) is 25.2 Å². The zero-order chi connectivity index (χ0) is 20.8. The molecule has 7 nitrogen and oxygen atoms in total. The SMILES string of the molecule is Cc1[nH]c(=O)c(C#N)c(C)c1CCC(=O)O[C@@H](C)C(=O)Nc1cccc(Cl)c1. The Kier molecular flexibility index (Phi) is 6.96. The van der Waals surface area contributed by atoms with Gasteiger partial charge in [-0.3, -0.25) is 14.4 Å². The molecule has 0 saturated carbocycles. The van der Waals surface area contributed by atoms with Crippen LogP contribution in [0.2, 0.25) is 5.02 Å². The van der Waals surface area contributed by atoms with Gasteiger partial charge in [0.05, 0.1) is 0 Å². The van der Waals surface area contributed by atoms with Crippen molar-refractivity contribution in [3.8, 4) is 6.07 Å². The van der Waals surface area contributed by atoms with Crippen molar-refractivity contribution in [3.05, 3.63) is 62.0 Å². The number of carbonyl (C=O) groups is 2. The van der Waals surface area contributed by atoms with Crippen LogP contribution in [0.1, 0.15) is 35.7 Å². The molecule has 0 spiro atoms. The molecule has 8 heteroatoms. The lowest BCUT2D eigenvalue weighted by Gasteiger charge is -2.14. The third-order valence-electron chi connectivity index (χ3n) is 4.27. The number of aryl methyl sites for hydroxylation is 1. The topological polar surface area (TPSA) is 112 Å². The Bertz CT molecular complexity index is 1010. The molecule has 1 aromatic heterocycles. The van der Waals surface area contributed by atoms with E-state index in [-0.39, 0.29) is 18.4 Å². The number of carbonyl (C=O) groups excluding carboxylic acids is 2. The Morgan fingerprint density at radius 1 is 1.36 bits per heavy atom. The Balaban J connectivity index is 1.96. The number of halogens is 1. The van der Waals surface area contributed by atoms with Crippen molar-refractivity contribution in [1.29, 1.82) is 5.26 Å². The minimum absolute atomic E-state index is 0.00732. The molecule has 1 aromatic carbocycles. The Morgan fingerprint density at radius 3 is 2.71 bits per heavy atom. The Labute approximate surface area is 167 Å². The summed E-state index contributed by atoms with van der Waals surface area (Å²) in [4.78, 5) is 38.6. The molecule has 0 aliphatic carbocycles. The number of aromatic nitrogens is 1. The standard InChI is InChI=1S/C20H20ClN3O4/c1-11-16(12(2)23-20(27)17(11)10-22)7-8-18(25)28-13(3)19(26)24-15-6-4-5-14(21)9-15/h4-6,9,13H,7-8H2,1-3H3,(H,23,27)(H,24,26)/t13-/m0/s1. The maximum absolute atomic E-state index is 12.2. The normalized spacial score (nSPS) is 11.4. The molecule has 0 aliphatic rings. The third-order valence-corrected chi connectivity index (χ3v) is 4.50. The number of nitrogens with one attached hydrogen (secondary N) is 2. The molecular formula is C20H20ClN3O4. The highest BCUT2D eigenvalue weighted by atomic mass is 35.5. The quantitative estimate of drug-likeness (QED) is 0.722. The predicted molar refractivity (Wildman–Crippen MR) is 105 cm³/mol. The molecule has 2 aromatic rings. The second-order valence-corrected chi connectivity index (χ2v) is 6.74. The zero-order valence-electron chi connectivity index (χ0n) is 15.8. The van der Waals surface area contributed by atoms with E-state index in [9.17, 15) is 14.4 Å². The Hall–Kier alpha value is -3.11. The van der Waals surface area contributed by atoms with Crippen molar-refractivity contribution >= 4 is 29.2 Å². The summed E-state index contributed by atoms with van der Waals surface area (Å²) in [5, 5.41) is 12.2. The molecule has 0 saturated heterocycles. The zero-order valence-corrected chi connectivity index (χ0v) is 16.5. The highest BCUT2D eigenvalue weighted by Gasteiger charge is 2.19. The van der Waals surface area contributed by atoms with E-state index in [0.29, 0.717) is 27.5 Å². The summed E-state index contributed by atoms with van der Waals surface area (Å²) in [6.45, 7) is 4.85. The fourth-order valence-corrected chi connectivity index (χ4v) is 2.96. The van der Waals surface area contributed by atoms with E-state index in [1.54, 1.807) is 38.1 Å². The second-order valence-electron chi connectivity index (χ2n) is 6.30. The molecule has 146 valence electrons. The molecule has 0 radical (unpaired) electrons. The first-order valence-corrected chi connectivity index (χ1v) is 8.99. The molecule has 1 atom stereocenters. The van der Waals surface area contributed by atoms with Gasteiger partial charge in [-0.15, -0.1) is 0 Å². The van der Waals surface area contributed by atoms with E-state index in [1.165, 1.54) is 6.92 Å². The maximum atomic E-state index is 12.2. The van der Waals surface area contributed by atoms with E-state index < -0.39 is 23.5 Å². The molecular weight excluding hydrogens is 382 g/mol. The van der Waals surface area contributed by atoms with Gasteiger partial charge in [0, 0.05) is 22.8 Å². The summed E-state index contributed by atoms with van der Waals surface area (Å²) in [5.74, 6) is -1.03. The first-order chi connectivity index (χ1) is 13.2. The van der Waals surface area contributed by atoms with Crippen LogP contribution in [0.15, 0.2) is 29.1 Å². The maximum Gasteiger partial charge on any atom is 0.306 e. The molecule has 0 bridgehead atoms. The number of benzene rings is 1. The van der Waals surface area contributed by atoms with Crippen LogP contribution in [-0.2, 0) is 20.7 Å². The second kappa shape index (κ2) is 9.20. The number of hydrogen-bond acceptors (Lipinski definition) is 5. The van der Waals surface area contributed by atoms with E-state index in [4.69, 9.17) is 21.6 Å². The van der Waals surface area contributed by atoms with Gasteiger partial charge in [0.15, 0.2) is 6.10 Å². The molecule has 0 aliphatic heterocycles. The molecule has 1 amide bonds. The first kappa shape index (κ1) is 21.2. The number of H-pyrrole nitrogens is 1. The average molecular weight is 402 g/mol. The number of aromatic amines is 1. The number of rotatable bonds is 6. The minimum atomic E-state index is -0.987. The van der Waals surface area contributed by atoms with Crippen LogP contribution in [0.25, 0.3) is 0 Å². The van der Waals surface area contributed by atoms with Crippen LogP contribution in [0.5, 0.6) is 0 Å². The number of anilines is 1.